The lowest BCUT2D eigenvalue weighted by molar-refractivity contribution is -0.125. The number of aromatic hydroxyl groups is 1. The first-order chi connectivity index (χ1) is 9.24. The smallest absolute Gasteiger partial charge is 0.243 e. The van der Waals surface area contributed by atoms with Crippen LogP contribution in [0, 0.1) is 17.8 Å². The molecule has 1 aromatic rings. The number of phenols is 1. The van der Waals surface area contributed by atoms with Crippen molar-refractivity contribution in [3.05, 3.63) is 42.0 Å². The molecule has 0 aromatic heterocycles. The van der Waals surface area contributed by atoms with Crippen LogP contribution in [0.4, 0.5) is 0 Å². The van der Waals surface area contributed by atoms with Gasteiger partial charge in [-0.2, -0.15) is 5.10 Å². The van der Waals surface area contributed by atoms with Crippen molar-refractivity contribution in [2.75, 3.05) is 0 Å². The van der Waals surface area contributed by atoms with Crippen molar-refractivity contribution in [2.24, 2.45) is 22.9 Å². The van der Waals surface area contributed by atoms with E-state index >= 15 is 0 Å². The predicted octanol–water partition coefficient (Wildman–Crippen LogP) is 2.05. The van der Waals surface area contributed by atoms with Crippen LogP contribution in [0.1, 0.15) is 18.4 Å². The van der Waals surface area contributed by atoms with Crippen molar-refractivity contribution in [1.82, 2.24) is 5.43 Å². The van der Waals surface area contributed by atoms with E-state index in [0.29, 0.717) is 17.4 Å². The number of carbonyl (C=O) groups excluding carboxylic acids is 1. The first kappa shape index (κ1) is 12.0. The minimum atomic E-state index is -0.0245. The maximum atomic E-state index is 12.0. The molecule has 1 amide bonds. The van der Waals surface area contributed by atoms with Gasteiger partial charge in [-0.3, -0.25) is 4.79 Å². The number of hydrogen-bond acceptors (Lipinski definition) is 3. The molecule has 2 aliphatic carbocycles. The molecule has 3 rings (SSSR count). The minimum Gasteiger partial charge on any atom is -0.507 e. The van der Waals surface area contributed by atoms with E-state index in [2.05, 4.69) is 22.7 Å². The highest BCUT2D eigenvalue weighted by Crippen LogP contribution is 2.43. The second-order valence-corrected chi connectivity index (χ2v) is 5.18. The summed E-state index contributed by atoms with van der Waals surface area (Å²) in [5, 5.41) is 13.5. The summed E-state index contributed by atoms with van der Waals surface area (Å²) in [4.78, 5) is 12.0. The second-order valence-electron chi connectivity index (χ2n) is 5.18. The fourth-order valence-electron chi connectivity index (χ4n) is 2.93. The topological polar surface area (TPSA) is 61.7 Å². The predicted molar refractivity (Wildman–Crippen MR) is 72.7 cm³/mol. The molecule has 4 heteroatoms. The summed E-state index contributed by atoms with van der Waals surface area (Å²) in [6.45, 7) is 0. The fraction of sp³-hybridized carbons (Fsp3) is 0.333. The van der Waals surface area contributed by atoms with Gasteiger partial charge in [-0.1, -0.05) is 24.3 Å². The standard InChI is InChI=1S/C15H16N2O2/c18-14-4-2-1-3-12(14)9-16-17-15(19)13-8-10-5-6-11(13)7-10/h1-6,9-11,13,18H,7-8H2,(H,17,19)/b16-9+/t10-,11+,13-/m1/s1. The number of allylic oxidation sites excluding steroid dienone is 2. The van der Waals surface area contributed by atoms with E-state index in [1.54, 1.807) is 18.2 Å². The van der Waals surface area contributed by atoms with Crippen LogP contribution in [0.25, 0.3) is 0 Å². The van der Waals surface area contributed by atoms with Crippen molar-refractivity contribution >= 4 is 12.1 Å². The largest absolute Gasteiger partial charge is 0.507 e. The molecule has 2 N–H and O–H groups in total. The van der Waals surface area contributed by atoms with Crippen LogP contribution in [0.15, 0.2) is 41.5 Å². The molecule has 2 bridgehead atoms. The second kappa shape index (κ2) is 4.88. The number of benzene rings is 1. The molecular formula is C15H16N2O2. The number of fused-ring (bicyclic) bond motifs is 2. The Bertz CT molecular complexity index is 551. The summed E-state index contributed by atoms with van der Waals surface area (Å²) < 4.78 is 0. The van der Waals surface area contributed by atoms with E-state index in [9.17, 15) is 9.90 Å². The highest BCUT2D eigenvalue weighted by Gasteiger charge is 2.39. The third-order valence-electron chi connectivity index (χ3n) is 3.93. The summed E-state index contributed by atoms with van der Waals surface area (Å²) in [7, 11) is 0. The van der Waals surface area contributed by atoms with E-state index in [1.165, 1.54) is 6.21 Å². The Morgan fingerprint density at radius 3 is 2.84 bits per heavy atom. The summed E-state index contributed by atoms with van der Waals surface area (Å²) in [6.07, 6.45) is 7.85. The van der Waals surface area contributed by atoms with E-state index in [1.807, 2.05) is 6.07 Å². The fourth-order valence-corrected chi connectivity index (χ4v) is 2.93. The molecule has 3 atom stereocenters. The molecule has 19 heavy (non-hydrogen) atoms. The van der Waals surface area contributed by atoms with Gasteiger partial charge in [0.1, 0.15) is 5.75 Å². The number of rotatable bonds is 3. The van der Waals surface area contributed by atoms with Gasteiger partial charge in [0.15, 0.2) is 0 Å². The molecular weight excluding hydrogens is 240 g/mol. The SMILES string of the molecule is O=C(N/N=C/c1ccccc1O)[C@@H]1C[C@@H]2C=C[C@H]1C2. The molecule has 0 radical (unpaired) electrons. The molecule has 98 valence electrons. The lowest BCUT2D eigenvalue weighted by Gasteiger charge is -2.15. The Hall–Kier alpha value is -2.10. The molecule has 4 nitrogen and oxygen atoms in total. The van der Waals surface area contributed by atoms with Crippen molar-refractivity contribution in [3.63, 3.8) is 0 Å². The van der Waals surface area contributed by atoms with Gasteiger partial charge in [-0.05, 0) is 36.8 Å². The monoisotopic (exact) mass is 256 g/mol. The van der Waals surface area contributed by atoms with E-state index < -0.39 is 0 Å². The van der Waals surface area contributed by atoms with Crippen molar-refractivity contribution in [1.29, 1.82) is 0 Å². The van der Waals surface area contributed by atoms with Crippen molar-refractivity contribution in [2.45, 2.75) is 12.8 Å². The summed E-state index contributed by atoms with van der Waals surface area (Å²) >= 11 is 0. The third kappa shape index (κ3) is 2.38. The molecule has 2 aliphatic rings. The van der Waals surface area contributed by atoms with Gasteiger partial charge in [-0.25, -0.2) is 5.43 Å². The van der Waals surface area contributed by atoms with Crippen LogP contribution in [0.5, 0.6) is 5.75 Å². The summed E-state index contributed by atoms with van der Waals surface area (Å²) in [6, 6.07) is 6.88. The van der Waals surface area contributed by atoms with Gasteiger partial charge >= 0.3 is 0 Å². The number of phenolic OH excluding ortho intramolecular Hbond substituents is 1. The lowest BCUT2D eigenvalue weighted by atomic mass is 9.93. The Morgan fingerprint density at radius 2 is 2.16 bits per heavy atom. The van der Waals surface area contributed by atoms with Crippen LogP contribution in [0.3, 0.4) is 0 Å². The quantitative estimate of drug-likeness (QED) is 0.494. The first-order valence-electron chi connectivity index (χ1n) is 6.53. The van der Waals surface area contributed by atoms with Crippen LogP contribution in [-0.4, -0.2) is 17.2 Å². The number of hydrazone groups is 1. The van der Waals surface area contributed by atoms with Gasteiger partial charge in [-0.15, -0.1) is 0 Å². The molecule has 1 saturated carbocycles. The van der Waals surface area contributed by atoms with Crippen molar-refractivity contribution < 1.29 is 9.90 Å². The van der Waals surface area contributed by atoms with Crippen LogP contribution < -0.4 is 5.43 Å². The average Bonchev–Trinajstić information content (AvgIpc) is 3.03. The van der Waals surface area contributed by atoms with E-state index in [-0.39, 0.29) is 17.6 Å². The Labute approximate surface area is 111 Å². The van der Waals surface area contributed by atoms with Crippen LogP contribution in [-0.2, 0) is 4.79 Å². The maximum absolute atomic E-state index is 12.0. The Kier molecular flexibility index (Phi) is 3.07. The lowest BCUT2D eigenvalue weighted by Crippen LogP contribution is -2.29. The van der Waals surface area contributed by atoms with E-state index in [4.69, 9.17) is 0 Å². The van der Waals surface area contributed by atoms with Crippen molar-refractivity contribution in [3.8, 4) is 5.75 Å². The number of para-hydroxylation sites is 1. The highest BCUT2D eigenvalue weighted by atomic mass is 16.3. The van der Waals surface area contributed by atoms with Crippen LogP contribution >= 0.6 is 0 Å². The zero-order chi connectivity index (χ0) is 13.2. The zero-order valence-corrected chi connectivity index (χ0v) is 10.5. The molecule has 0 saturated heterocycles. The molecule has 0 unspecified atom stereocenters. The third-order valence-corrected chi connectivity index (χ3v) is 3.93. The molecule has 1 aromatic carbocycles. The zero-order valence-electron chi connectivity index (χ0n) is 10.5. The van der Waals surface area contributed by atoms with Gasteiger partial charge in [0.2, 0.25) is 5.91 Å². The Morgan fingerprint density at radius 1 is 1.32 bits per heavy atom. The average molecular weight is 256 g/mol. The Balaban J connectivity index is 1.59. The van der Waals surface area contributed by atoms with Crippen LogP contribution in [0.2, 0.25) is 0 Å². The van der Waals surface area contributed by atoms with Gasteiger partial charge in [0, 0.05) is 11.5 Å². The number of hydrogen-bond donors (Lipinski definition) is 2. The van der Waals surface area contributed by atoms with Gasteiger partial charge < -0.3 is 5.11 Å². The highest BCUT2D eigenvalue weighted by molar-refractivity contribution is 5.85. The first-order valence-corrected chi connectivity index (χ1v) is 6.53. The number of amides is 1. The minimum absolute atomic E-state index is 0.0245. The molecule has 1 fully saturated rings. The van der Waals surface area contributed by atoms with Gasteiger partial charge in [0.25, 0.3) is 0 Å². The molecule has 0 heterocycles. The summed E-state index contributed by atoms with van der Waals surface area (Å²) in [5.41, 5.74) is 3.16. The normalized spacial score (nSPS) is 28.1. The maximum Gasteiger partial charge on any atom is 0.243 e. The number of carbonyl (C=O) groups is 1. The number of nitrogens with zero attached hydrogens (tertiary/aromatic N) is 1. The number of nitrogens with one attached hydrogen (secondary N) is 1. The van der Waals surface area contributed by atoms with E-state index in [0.717, 1.165) is 12.8 Å². The van der Waals surface area contributed by atoms with Gasteiger partial charge in [0.05, 0.1) is 6.21 Å². The molecule has 0 aliphatic heterocycles. The summed E-state index contributed by atoms with van der Waals surface area (Å²) in [5.74, 6) is 1.14. The molecule has 0 spiro atoms.